The molecule has 1 N–H and O–H groups in total. The Morgan fingerprint density at radius 3 is 2.63 bits per heavy atom. The third-order valence-electron chi connectivity index (χ3n) is 3.22. The maximum absolute atomic E-state index is 4.66. The van der Waals surface area contributed by atoms with E-state index in [1.54, 1.807) is 11.3 Å². The summed E-state index contributed by atoms with van der Waals surface area (Å²) in [5, 5.41) is 6.19. The number of nitrogens with zero attached hydrogens (tertiary/aromatic N) is 2. The molecule has 98 valence electrons. The highest BCUT2D eigenvalue weighted by Gasteiger charge is 2.08. The van der Waals surface area contributed by atoms with Crippen molar-refractivity contribution in [2.45, 2.75) is 32.1 Å². The summed E-state index contributed by atoms with van der Waals surface area (Å²) in [5.41, 5.74) is 2.37. The number of hydrogen-bond donors (Lipinski definition) is 1. The Morgan fingerprint density at radius 2 is 1.84 bits per heavy atom. The summed E-state index contributed by atoms with van der Waals surface area (Å²) in [6, 6.07) is 10.1. The topological polar surface area (TPSA) is 37.3 Å². The standard InChI is InChI=1S/C15H17N3S/c1-3-7-12(8-4-1)16-14-11-19-15(18-14)17-13-9-5-2-6-10-13/h1,3-4,7-8,11,16H,2,5-6,9-10H2. The molecule has 0 amide bonds. The van der Waals surface area contributed by atoms with Crippen molar-refractivity contribution in [2.75, 3.05) is 5.32 Å². The number of rotatable bonds is 3. The second kappa shape index (κ2) is 5.97. The van der Waals surface area contributed by atoms with Gasteiger partial charge in [-0.2, -0.15) is 0 Å². The van der Waals surface area contributed by atoms with E-state index in [0.717, 1.165) is 29.5 Å². The third-order valence-corrected chi connectivity index (χ3v) is 3.96. The predicted molar refractivity (Wildman–Crippen MR) is 82.0 cm³/mol. The number of thiazole rings is 1. The maximum Gasteiger partial charge on any atom is 0.211 e. The molecule has 3 rings (SSSR count). The molecule has 4 heteroatoms. The fourth-order valence-corrected chi connectivity index (χ4v) is 2.91. The van der Waals surface area contributed by atoms with Gasteiger partial charge < -0.3 is 5.32 Å². The summed E-state index contributed by atoms with van der Waals surface area (Å²) in [4.78, 5) is 9.18. The van der Waals surface area contributed by atoms with Gasteiger partial charge in [-0.1, -0.05) is 24.6 Å². The summed E-state index contributed by atoms with van der Waals surface area (Å²) in [6.45, 7) is 0. The minimum Gasteiger partial charge on any atom is -0.339 e. The molecular formula is C15H17N3S. The van der Waals surface area contributed by atoms with Crippen molar-refractivity contribution in [3.05, 3.63) is 35.7 Å². The van der Waals surface area contributed by atoms with E-state index in [1.807, 2.05) is 35.7 Å². The van der Waals surface area contributed by atoms with Crippen LogP contribution in [0.25, 0.3) is 0 Å². The highest BCUT2D eigenvalue weighted by Crippen LogP contribution is 2.26. The number of hydrogen-bond acceptors (Lipinski definition) is 4. The van der Waals surface area contributed by atoms with Crippen LogP contribution in [0.5, 0.6) is 0 Å². The highest BCUT2D eigenvalue weighted by atomic mass is 32.1. The molecule has 0 aliphatic heterocycles. The minimum absolute atomic E-state index is 0.871. The van der Waals surface area contributed by atoms with Crippen molar-refractivity contribution in [2.24, 2.45) is 4.99 Å². The molecule has 2 aromatic rings. The Bertz CT molecular complexity index is 552. The summed E-state index contributed by atoms with van der Waals surface area (Å²) in [7, 11) is 0. The van der Waals surface area contributed by atoms with E-state index >= 15 is 0 Å². The first-order valence-corrected chi connectivity index (χ1v) is 7.62. The van der Waals surface area contributed by atoms with Gasteiger partial charge in [0.15, 0.2) is 0 Å². The molecule has 1 heterocycles. The lowest BCUT2D eigenvalue weighted by Gasteiger charge is -2.10. The Morgan fingerprint density at radius 1 is 1.05 bits per heavy atom. The fraction of sp³-hybridized carbons (Fsp3) is 0.333. The molecular weight excluding hydrogens is 254 g/mol. The van der Waals surface area contributed by atoms with Crippen molar-refractivity contribution < 1.29 is 0 Å². The van der Waals surface area contributed by atoms with Gasteiger partial charge >= 0.3 is 0 Å². The maximum atomic E-state index is 4.66. The van der Waals surface area contributed by atoms with Crippen molar-refractivity contribution in [1.29, 1.82) is 0 Å². The number of anilines is 2. The minimum atomic E-state index is 0.871. The molecule has 3 nitrogen and oxygen atoms in total. The third kappa shape index (κ3) is 3.41. The first kappa shape index (κ1) is 12.4. The van der Waals surface area contributed by atoms with E-state index < -0.39 is 0 Å². The zero-order valence-corrected chi connectivity index (χ0v) is 11.6. The van der Waals surface area contributed by atoms with Crippen LogP contribution in [0.4, 0.5) is 16.6 Å². The Balaban J connectivity index is 1.69. The van der Waals surface area contributed by atoms with Crippen LogP contribution in [0.3, 0.4) is 0 Å². The predicted octanol–water partition coefficient (Wildman–Crippen LogP) is 4.92. The highest BCUT2D eigenvalue weighted by molar-refractivity contribution is 7.13. The number of aromatic nitrogens is 1. The Labute approximate surface area is 117 Å². The second-order valence-corrected chi connectivity index (χ2v) is 5.58. The monoisotopic (exact) mass is 271 g/mol. The van der Waals surface area contributed by atoms with Gasteiger partial charge in [0.25, 0.3) is 0 Å². The van der Waals surface area contributed by atoms with Gasteiger partial charge in [-0.3, -0.25) is 0 Å². The lowest BCUT2D eigenvalue weighted by molar-refractivity contribution is 0.667. The number of benzene rings is 1. The molecule has 1 saturated carbocycles. The fourth-order valence-electron chi connectivity index (χ4n) is 2.25. The van der Waals surface area contributed by atoms with Gasteiger partial charge in [0.1, 0.15) is 5.82 Å². The van der Waals surface area contributed by atoms with Gasteiger partial charge in [-0.15, -0.1) is 11.3 Å². The summed E-state index contributed by atoms with van der Waals surface area (Å²) < 4.78 is 0. The van der Waals surface area contributed by atoms with Gasteiger partial charge in [-0.25, -0.2) is 9.98 Å². The van der Waals surface area contributed by atoms with E-state index in [-0.39, 0.29) is 0 Å². The largest absolute Gasteiger partial charge is 0.339 e. The van der Waals surface area contributed by atoms with Gasteiger partial charge in [-0.05, 0) is 37.8 Å². The quantitative estimate of drug-likeness (QED) is 0.860. The first-order chi connectivity index (χ1) is 9.40. The molecule has 1 aromatic carbocycles. The Kier molecular flexibility index (Phi) is 3.89. The zero-order valence-electron chi connectivity index (χ0n) is 10.8. The van der Waals surface area contributed by atoms with Gasteiger partial charge in [0.05, 0.1) is 0 Å². The molecule has 1 aliphatic carbocycles. The summed E-state index contributed by atoms with van der Waals surface area (Å²) in [5.74, 6) is 0.881. The van der Waals surface area contributed by atoms with Crippen LogP contribution in [0.2, 0.25) is 0 Å². The van der Waals surface area contributed by atoms with Crippen LogP contribution in [0.1, 0.15) is 32.1 Å². The molecule has 0 spiro atoms. The molecule has 0 radical (unpaired) electrons. The van der Waals surface area contributed by atoms with E-state index in [9.17, 15) is 0 Å². The molecule has 0 bridgehead atoms. The summed E-state index contributed by atoms with van der Waals surface area (Å²) >= 11 is 1.60. The van der Waals surface area contributed by atoms with Crippen molar-refractivity contribution in [3.63, 3.8) is 0 Å². The lowest BCUT2D eigenvalue weighted by atomic mass is 9.99. The van der Waals surface area contributed by atoms with Crippen LogP contribution in [0.15, 0.2) is 40.7 Å². The van der Waals surface area contributed by atoms with Crippen molar-refractivity contribution >= 4 is 33.7 Å². The van der Waals surface area contributed by atoms with Crippen LogP contribution in [-0.4, -0.2) is 10.7 Å². The van der Waals surface area contributed by atoms with E-state index in [0.29, 0.717) is 0 Å². The molecule has 0 saturated heterocycles. The molecule has 1 aliphatic rings. The number of aliphatic imine (C=N–C) groups is 1. The molecule has 0 unspecified atom stereocenters. The summed E-state index contributed by atoms with van der Waals surface area (Å²) in [6.07, 6.45) is 6.18. The number of para-hydroxylation sites is 1. The van der Waals surface area contributed by atoms with E-state index in [1.165, 1.54) is 25.0 Å². The van der Waals surface area contributed by atoms with Gasteiger partial charge in [0.2, 0.25) is 5.13 Å². The SMILES string of the molecule is c1ccc(Nc2csc(N=C3CCCCC3)n2)cc1. The van der Waals surface area contributed by atoms with Gasteiger partial charge in [0, 0.05) is 16.8 Å². The van der Waals surface area contributed by atoms with E-state index in [2.05, 4.69) is 15.3 Å². The zero-order chi connectivity index (χ0) is 12.9. The average Bonchev–Trinajstić information content (AvgIpc) is 2.88. The number of nitrogens with one attached hydrogen (secondary N) is 1. The molecule has 19 heavy (non-hydrogen) atoms. The smallest absolute Gasteiger partial charge is 0.211 e. The van der Waals surface area contributed by atoms with Crippen LogP contribution in [-0.2, 0) is 0 Å². The van der Waals surface area contributed by atoms with Crippen molar-refractivity contribution in [1.82, 2.24) is 4.98 Å². The lowest BCUT2D eigenvalue weighted by Crippen LogP contribution is -2.03. The molecule has 1 fully saturated rings. The van der Waals surface area contributed by atoms with Crippen LogP contribution < -0.4 is 5.32 Å². The van der Waals surface area contributed by atoms with Crippen molar-refractivity contribution in [3.8, 4) is 0 Å². The van der Waals surface area contributed by atoms with Crippen LogP contribution >= 0.6 is 11.3 Å². The van der Waals surface area contributed by atoms with E-state index in [4.69, 9.17) is 0 Å². The first-order valence-electron chi connectivity index (χ1n) is 6.74. The second-order valence-electron chi connectivity index (χ2n) is 4.75. The molecule has 1 aromatic heterocycles. The molecule has 0 atom stereocenters. The van der Waals surface area contributed by atoms with Crippen LogP contribution in [0, 0.1) is 0 Å². The average molecular weight is 271 g/mol. The normalized spacial score (nSPS) is 15.3. The Hall–Kier alpha value is -1.68.